The van der Waals surface area contributed by atoms with Crippen LogP contribution in [0.4, 0.5) is 0 Å². The van der Waals surface area contributed by atoms with Crippen LogP contribution in [0.2, 0.25) is 0 Å². The van der Waals surface area contributed by atoms with E-state index in [1.165, 1.54) is 0 Å². The minimum Gasteiger partial charge on any atom is -0.352 e. The van der Waals surface area contributed by atoms with Crippen molar-refractivity contribution < 1.29 is 9.59 Å². The summed E-state index contributed by atoms with van der Waals surface area (Å²) in [7, 11) is 0. The molecule has 0 saturated carbocycles. The molecular weight excluding hydrogens is 334 g/mol. The Hall–Kier alpha value is -1.53. The Kier molecular flexibility index (Phi) is 6.76. The van der Waals surface area contributed by atoms with E-state index in [9.17, 15) is 9.59 Å². The molecular formula is C19H27N3O2S. The fraction of sp³-hybridized carbons (Fsp3) is 0.579. The van der Waals surface area contributed by atoms with Gasteiger partial charge in [-0.25, -0.2) is 0 Å². The fourth-order valence-corrected chi connectivity index (χ4v) is 4.36. The number of carbonyl (C=O) groups excluding carboxylic acids is 2. The zero-order valence-electron chi connectivity index (χ0n) is 14.6. The van der Waals surface area contributed by atoms with E-state index in [2.05, 4.69) is 10.6 Å². The molecule has 0 bridgehead atoms. The quantitative estimate of drug-likeness (QED) is 0.837. The summed E-state index contributed by atoms with van der Waals surface area (Å²) >= 11 is 1.91. The van der Waals surface area contributed by atoms with Crippen LogP contribution < -0.4 is 10.6 Å². The maximum atomic E-state index is 12.4. The highest BCUT2D eigenvalue weighted by atomic mass is 32.2. The summed E-state index contributed by atoms with van der Waals surface area (Å²) < 4.78 is 0. The summed E-state index contributed by atoms with van der Waals surface area (Å²) in [5, 5.41) is 6.44. The van der Waals surface area contributed by atoms with Crippen LogP contribution in [0.25, 0.3) is 0 Å². The van der Waals surface area contributed by atoms with Gasteiger partial charge >= 0.3 is 0 Å². The highest BCUT2D eigenvalue weighted by molar-refractivity contribution is 7.99. The minimum atomic E-state index is 0.0242. The van der Waals surface area contributed by atoms with Crippen molar-refractivity contribution in [3.63, 3.8) is 0 Å². The number of hydrogen-bond acceptors (Lipinski definition) is 4. The van der Waals surface area contributed by atoms with Crippen LogP contribution in [-0.2, 0) is 16.1 Å². The first-order valence-electron chi connectivity index (χ1n) is 9.13. The van der Waals surface area contributed by atoms with Crippen molar-refractivity contribution in [1.82, 2.24) is 15.5 Å². The predicted molar refractivity (Wildman–Crippen MR) is 101 cm³/mol. The Balaban J connectivity index is 1.38. The lowest BCUT2D eigenvalue weighted by Crippen LogP contribution is -2.46. The van der Waals surface area contributed by atoms with Crippen LogP contribution in [0.1, 0.15) is 24.8 Å². The molecule has 2 aliphatic heterocycles. The van der Waals surface area contributed by atoms with Gasteiger partial charge in [-0.2, -0.15) is 11.8 Å². The van der Waals surface area contributed by atoms with Crippen molar-refractivity contribution in [2.24, 2.45) is 5.92 Å². The van der Waals surface area contributed by atoms with Gasteiger partial charge in [0.25, 0.3) is 0 Å². The van der Waals surface area contributed by atoms with Crippen LogP contribution >= 0.6 is 11.8 Å². The molecule has 0 radical (unpaired) electrons. The van der Waals surface area contributed by atoms with E-state index >= 15 is 0 Å². The normalized spacial score (nSPS) is 21.8. The lowest BCUT2D eigenvalue weighted by atomic mass is 9.95. The summed E-state index contributed by atoms with van der Waals surface area (Å²) in [5.41, 5.74) is 1.11. The number of rotatable bonds is 5. The Morgan fingerprint density at radius 1 is 1.20 bits per heavy atom. The van der Waals surface area contributed by atoms with Crippen LogP contribution in [-0.4, -0.2) is 53.9 Å². The van der Waals surface area contributed by atoms with E-state index in [0.717, 1.165) is 36.5 Å². The third-order valence-electron chi connectivity index (χ3n) is 4.95. The van der Waals surface area contributed by atoms with Gasteiger partial charge < -0.3 is 15.5 Å². The summed E-state index contributed by atoms with van der Waals surface area (Å²) in [6.45, 7) is 2.96. The molecule has 2 aliphatic rings. The fourth-order valence-electron chi connectivity index (χ4n) is 3.41. The van der Waals surface area contributed by atoms with Crippen LogP contribution in [0.5, 0.6) is 0 Å². The Labute approximate surface area is 153 Å². The number of amides is 2. The third kappa shape index (κ3) is 5.47. The topological polar surface area (TPSA) is 61.4 Å². The van der Waals surface area contributed by atoms with Crippen molar-refractivity contribution in [2.75, 3.05) is 31.1 Å². The van der Waals surface area contributed by atoms with Crippen LogP contribution in [0.15, 0.2) is 30.3 Å². The van der Waals surface area contributed by atoms with Gasteiger partial charge in [0.2, 0.25) is 11.8 Å². The van der Waals surface area contributed by atoms with Gasteiger partial charge in [-0.15, -0.1) is 0 Å². The molecule has 1 aromatic rings. The van der Waals surface area contributed by atoms with E-state index in [0.29, 0.717) is 32.1 Å². The number of benzene rings is 1. The minimum absolute atomic E-state index is 0.0242. The number of hydrogen-bond donors (Lipinski definition) is 2. The van der Waals surface area contributed by atoms with Crippen molar-refractivity contribution in [3.8, 4) is 0 Å². The zero-order chi connectivity index (χ0) is 17.5. The SMILES string of the molecule is O=C(NCc1ccccc1)C1CCN(C(=O)CC2CSCCN2)CC1. The highest BCUT2D eigenvalue weighted by Gasteiger charge is 2.28. The average Bonchev–Trinajstić information content (AvgIpc) is 2.68. The monoisotopic (exact) mass is 361 g/mol. The van der Waals surface area contributed by atoms with Crippen molar-refractivity contribution in [3.05, 3.63) is 35.9 Å². The Morgan fingerprint density at radius 2 is 1.96 bits per heavy atom. The van der Waals surface area contributed by atoms with Gasteiger partial charge in [-0.05, 0) is 18.4 Å². The highest BCUT2D eigenvalue weighted by Crippen LogP contribution is 2.19. The molecule has 3 rings (SSSR count). The maximum Gasteiger partial charge on any atom is 0.224 e. The van der Waals surface area contributed by atoms with E-state index in [1.807, 2.05) is 47.0 Å². The standard InChI is InChI=1S/C19H27N3O2S/c23-18(12-17-14-25-11-8-20-17)22-9-6-16(7-10-22)19(24)21-13-15-4-2-1-3-5-15/h1-5,16-17,20H,6-14H2,(H,21,24). The summed E-state index contributed by atoms with van der Waals surface area (Å²) in [4.78, 5) is 26.7. The number of carbonyl (C=O) groups is 2. The van der Waals surface area contributed by atoms with Crippen molar-refractivity contribution in [2.45, 2.75) is 31.8 Å². The van der Waals surface area contributed by atoms with Gasteiger partial charge in [-0.3, -0.25) is 9.59 Å². The molecule has 1 atom stereocenters. The molecule has 2 fully saturated rings. The van der Waals surface area contributed by atoms with Gasteiger partial charge in [0, 0.05) is 56.1 Å². The van der Waals surface area contributed by atoms with E-state index in [4.69, 9.17) is 0 Å². The first-order chi connectivity index (χ1) is 12.2. The molecule has 0 aromatic heterocycles. The molecule has 2 N–H and O–H groups in total. The molecule has 1 aromatic carbocycles. The lowest BCUT2D eigenvalue weighted by molar-refractivity contribution is -0.136. The van der Waals surface area contributed by atoms with Crippen LogP contribution in [0, 0.1) is 5.92 Å². The van der Waals surface area contributed by atoms with E-state index < -0.39 is 0 Å². The molecule has 2 heterocycles. The smallest absolute Gasteiger partial charge is 0.224 e. The Bertz CT molecular complexity index is 567. The lowest BCUT2D eigenvalue weighted by Gasteiger charge is -2.33. The van der Waals surface area contributed by atoms with Crippen LogP contribution in [0.3, 0.4) is 0 Å². The molecule has 6 heteroatoms. The zero-order valence-corrected chi connectivity index (χ0v) is 15.4. The first kappa shape index (κ1) is 18.3. The molecule has 0 spiro atoms. The molecule has 2 saturated heterocycles. The summed E-state index contributed by atoms with van der Waals surface area (Å²) in [6, 6.07) is 10.3. The van der Waals surface area contributed by atoms with E-state index in [-0.39, 0.29) is 17.7 Å². The second kappa shape index (κ2) is 9.25. The molecule has 2 amide bonds. The number of piperidine rings is 1. The van der Waals surface area contributed by atoms with E-state index in [1.54, 1.807) is 0 Å². The van der Waals surface area contributed by atoms with Crippen molar-refractivity contribution in [1.29, 1.82) is 0 Å². The molecule has 5 nitrogen and oxygen atoms in total. The van der Waals surface area contributed by atoms with Gasteiger partial charge in [0.05, 0.1) is 0 Å². The second-order valence-corrected chi connectivity index (χ2v) is 7.94. The van der Waals surface area contributed by atoms with Gasteiger partial charge in [0.1, 0.15) is 0 Å². The number of nitrogens with zero attached hydrogens (tertiary/aromatic N) is 1. The molecule has 25 heavy (non-hydrogen) atoms. The maximum absolute atomic E-state index is 12.4. The van der Waals surface area contributed by atoms with Gasteiger partial charge in [0.15, 0.2) is 0 Å². The number of nitrogens with one attached hydrogen (secondary N) is 2. The first-order valence-corrected chi connectivity index (χ1v) is 10.3. The predicted octanol–water partition coefficient (Wildman–Crippen LogP) is 1.64. The largest absolute Gasteiger partial charge is 0.352 e. The van der Waals surface area contributed by atoms with Gasteiger partial charge in [-0.1, -0.05) is 30.3 Å². The average molecular weight is 362 g/mol. The molecule has 0 aliphatic carbocycles. The molecule has 136 valence electrons. The number of likely N-dealkylation sites (tertiary alicyclic amines) is 1. The summed E-state index contributed by atoms with van der Waals surface area (Å²) in [6.07, 6.45) is 2.11. The second-order valence-electron chi connectivity index (χ2n) is 6.79. The summed E-state index contributed by atoms with van der Waals surface area (Å²) in [5.74, 6) is 2.51. The number of thioether (sulfide) groups is 1. The molecule has 1 unspecified atom stereocenters. The third-order valence-corrected chi connectivity index (χ3v) is 6.08. The van der Waals surface area contributed by atoms with Crippen molar-refractivity contribution >= 4 is 23.6 Å². The Morgan fingerprint density at radius 3 is 2.64 bits per heavy atom.